The Morgan fingerprint density at radius 2 is 1.00 bits per heavy atom. The van der Waals surface area contributed by atoms with Gasteiger partial charge in [0.05, 0.1) is 0 Å². The van der Waals surface area contributed by atoms with Gasteiger partial charge in [0.2, 0.25) is 0 Å². The molecule has 0 radical (unpaired) electrons. The SMILES string of the molecule is Cl.Cl.Cl.O=P(O)(O)O.[H-].[H-].[H-].[K+].[Mg+2]. The minimum absolute atomic E-state index is 0. The second kappa shape index (κ2) is 18.2. The van der Waals surface area contributed by atoms with Crippen LogP contribution in [0.4, 0.5) is 0 Å². The van der Waals surface area contributed by atoms with Crippen LogP contribution in [0.1, 0.15) is 4.28 Å². The molecule has 0 saturated carbocycles. The predicted molar refractivity (Wildman–Crippen MR) is 45.1 cm³/mol. The largest absolute Gasteiger partial charge is 2.00 e. The van der Waals surface area contributed by atoms with E-state index in [1.165, 1.54) is 0 Å². The molecule has 10 heavy (non-hydrogen) atoms. The minimum Gasteiger partial charge on any atom is -1.00 e. The van der Waals surface area contributed by atoms with Crippen molar-refractivity contribution in [3.63, 3.8) is 0 Å². The van der Waals surface area contributed by atoms with Crippen LogP contribution in [0.2, 0.25) is 0 Å². The fourth-order valence-electron chi connectivity index (χ4n) is 0. The Hall–Kier alpha value is 3.38. The van der Waals surface area contributed by atoms with Crippen molar-refractivity contribution in [3.8, 4) is 0 Å². The minimum atomic E-state index is -4.64. The van der Waals surface area contributed by atoms with Crippen LogP contribution in [0.3, 0.4) is 0 Å². The standard InChI is InChI=1S/3ClH.K.Mg.H3O4P.3H/c;;;;;1-5(2,3)4;;;/h3*1H;;;(H3,1,2,3,4);;;/q;;;+1;+2;;3*-1. The number of hydrogen-bond acceptors (Lipinski definition) is 1. The van der Waals surface area contributed by atoms with E-state index in [4.69, 9.17) is 19.2 Å². The maximum Gasteiger partial charge on any atom is 2.00 e. The zero-order valence-electron chi connectivity index (χ0n) is 8.13. The second-order valence-electron chi connectivity index (χ2n) is 0.513. The van der Waals surface area contributed by atoms with E-state index in [1.54, 1.807) is 0 Å². The van der Waals surface area contributed by atoms with Crippen LogP contribution < -0.4 is 51.4 Å². The first-order chi connectivity index (χ1) is 2.00. The maximum absolute atomic E-state index is 8.88. The molecule has 0 aliphatic rings. The van der Waals surface area contributed by atoms with Gasteiger partial charge >= 0.3 is 82.3 Å². The van der Waals surface area contributed by atoms with Gasteiger partial charge in [0, 0.05) is 0 Å². The fraction of sp³-hybridized carbons (Fsp3) is 0. The molecule has 0 unspecified atom stereocenters. The van der Waals surface area contributed by atoms with Gasteiger partial charge in [-0.15, -0.1) is 37.2 Å². The summed E-state index contributed by atoms with van der Waals surface area (Å²) in [4.78, 5) is 21.6. The summed E-state index contributed by atoms with van der Waals surface area (Å²) in [5.41, 5.74) is 0. The Morgan fingerprint density at radius 3 is 1.00 bits per heavy atom. The molecule has 4 nitrogen and oxygen atoms in total. The van der Waals surface area contributed by atoms with Crippen LogP contribution in [0.15, 0.2) is 0 Å². The van der Waals surface area contributed by atoms with Crippen molar-refractivity contribution >= 4 is 68.1 Å². The smallest absolute Gasteiger partial charge is 1.00 e. The molecule has 62 valence electrons. The molecular weight excluding hydrogens is 265 g/mol. The van der Waals surface area contributed by atoms with Crippen molar-refractivity contribution in [1.82, 2.24) is 0 Å². The van der Waals surface area contributed by atoms with Crippen molar-refractivity contribution in [3.05, 3.63) is 0 Å². The van der Waals surface area contributed by atoms with Crippen LogP contribution in [-0.4, -0.2) is 37.7 Å². The molecule has 3 N–H and O–H groups in total. The molecule has 0 heterocycles. The average Bonchev–Trinajstić information content (AvgIpc) is 0.722. The molecule has 0 aromatic carbocycles. The molecule has 0 atom stereocenters. The van der Waals surface area contributed by atoms with Crippen LogP contribution in [0.25, 0.3) is 0 Å². The summed E-state index contributed by atoms with van der Waals surface area (Å²) in [6, 6.07) is 0. The van der Waals surface area contributed by atoms with Crippen molar-refractivity contribution in [2.24, 2.45) is 0 Å². The van der Waals surface area contributed by atoms with Crippen LogP contribution in [-0.2, 0) is 4.57 Å². The summed E-state index contributed by atoms with van der Waals surface area (Å²) < 4.78 is 8.88. The molecule has 10 heteroatoms. The third-order valence-electron chi connectivity index (χ3n) is 0. The van der Waals surface area contributed by atoms with E-state index < -0.39 is 7.82 Å². The molecule has 0 aromatic rings. The summed E-state index contributed by atoms with van der Waals surface area (Å²) >= 11 is 0. The molecule has 0 aromatic heterocycles. The monoisotopic (exact) mass is 272 g/mol. The van der Waals surface area contributed by atoms with E-state index >= 15 is 0 Å². The Kier molecular flexibility index (Phi) is 68.6. The molecular formula is H9Cl3KMgO4P. The average molecular weight is 274 g/mol. The van der Waals surface area contributed by atoms with E-state index in [1.807, 2.05) is 0 Å². The third kappa shape index (κ3) is 107. The summed E-state index contributed by atoms with van der Waals surface area (Å²) in [6.07, 6.45) is 0. The normalized spacial score (nSPS) is 5.90. The van der Waals surface area contributed by atoms with Gasteiger partial charge in [0.15, 0.2) is 0 Å². The second-order valence-corrected chi connectivity index (χ2v) is 1.54. The van der Waals surface area contributed by atoms with Gasteiger partial charge in [-0.1, -0.05) is 0 Å². The van der Waals surface area contributed by atoms with Gasteiger partial charge in [0.25, 0.3) is 0 Å². The maximum atomic E-state index is 8.88. The Morgan fingerprint density at radius 1 is 1.00 bits per heavy atom. The zero-order valence-corrected chi connectivity index (χ0v) is 13.0. The summed E-state index contributed by atoms with van der Waals surface area (Å²) in [5, 5.41) is 0. The van der Waals surface area contributed by atoms with Gasteiger partial charge in [0.1, 0.15) is 0 Å². The molecule has 0 spiro atoms. The zero-order chi connectivity index (χ0) is 4.50. The molecule has 0 aliphatic carbocycles. The van der Waals surface area contributed by atoms with Crippen molar-refractivity contribution in [2.75, 3.05) is 0 Å². The van der Waals surface area contributed by atoms with Gasteiger partial charge in [-0.2, -0.15) is 0 Å². The number of rotatable bonds is 0. The van der Waals surface area contributed by atoms with Crippen molar-refractivity contribution < 1.29 is 74.9 Å². The number of phosphoric acid groups is 1. The van der Waals surface area contributed by atoms with Gasteiger partial charge < -0.3 is 19.0 Å². The summed E-state index contributed by atoms with van der Waals surface area (Å²) in [5.74, 6) is 0. The van der Waals surface area contributed by atoms with E-state index in [-0.39, 0.29) is 116 Å². The number of hydrogen-bond donors (Lipinski definition) is 3. The van der Waals surface area contributed by atoms with Crippen LogP contribution >= 0.6 is 45.0 Å². The summed E-state index contributed by atoms with van der Waals surface area (Å²) in [7, 11) is -4.64. The first-order valence-electron chi connectivity index (χ1n) is 0.783. The van der Waals surface area contributed by atoms with Gasteiger partial charge in [-0.3, -0.25) is 0 Å². The Balaban J connectivity index is -0.00000000286. The van der Waals surface area contributed by atoms with Crippen LogP contribution in [0.5, 0.6) is 0 Å². The van der Waals surface area contributed by atoms with E-state index in [0.717, 1.165) is 0 Å². The first kappa shape index (κ1) is 37.6. The quantitative estimate of drug-likeness (QED) is 0.332. The predicted octanol–water partition coefficient (Wildman–Crippen LogP) is -2.70. The Bertz CT molecular complexity index is 76.8. The van der Waals surface area contributed by atoms with Crippen molar-refractivity contribution in [1.29, 1.82) is 0 Å². The fourth-order valence-corrected chi connectivity index (χ4v) is 0. The molecule has 0 saturated heterocycles. The van der Waals surface area contributed by atoms with E-state index in [0.29, 0.717) is 0 Å². The number of halogens is 3. The summed E-state index contributed by atoms with van der Waals surface area (Å²) in [6.45, 7) is 0. The Labute approximate surface area is 140 Å². The molecule has 0 amide bonds. The topological polar surface area (TPSA) is 77.8 Å². The van der Waals surface area contributed by atoms with Crippen LogP contribution in [0, 0.1) is 0 Å². The van der Waals surface area contributed by atoms with Gasteiger partial charge in [-0.25, -0.2) is 4.57 Å². The first-order valence-corrected chi connectivity index (χ1v) is 2.35. The van der Waals surface area contributed by atoms with E-state index in [9.17, 15) is 0 Å². The van der Waals surface area contributed by atoms with E-state index in [2.05, 4.69) is 0 Å². The molecule has 0 fully saturated rings. The van der Waals surface area contributed by atoms with Gasteiger partial charge in [-0.05, 0) is 0 Å². The third-order valence-corrected chi connectivity index (χ3v) is 0. The molecule has 0 aliphatic heterocycles. The molecule has 0 rings (SSSR count). The molecule has 0 bridgehead atoms. The van der Waals surface area contributed by atoms with Crippen molar-refractivity contribution in [2.45, 2.75) is 0 Å².